The summed E-state index contributed by atoms with van der Waals surface area (Å²) in [5.74, 6) is 1.08. The van der Waals surface area contributed by atoms with Crippen LogP contribution in [0.5, 0.6) is 5.75 Å². The zero-order valence-corrected chi connectivity index (χ0v) is 15.9. The van der Waals surface area contributed by atoms with Gasteiger partial charge in [0.1, 0.15) is 5.75 Å². The summed E-state index contributed by atoms with van der Waals surface area (Å²) >= 11 is 0. The predicted octanol–water partition coefficient (Wildman–Crippen LogP) is 2.11. The SMILES string of the molecule is c1ccc(OCCCN2CCOCC2)c(CN2[C@@H]3CCNC[C@H]2CC3)c1. The van der Waals surface area contributed by atoms with E-state index in [1.807, 2.05) is 0 Å². The van der Waals surface area contributed by atoms with Gasteiger partial charge >= 0.3 is 0 Å². The Bertz CT molecular complexity index is 548. The van der Waals surface area contributed by atoms with E-state index >= 15 is 0 Å². The average Bonchev–Trinajstić information content (AvgIpc) is 2.93. The molecule has 0 unspecified atom stereocenters. The highest BCUT2D eigenvalue weighted by atomic mass is 16.5. The summed E-state index contributed by atoms with van der Waals surface area (Å²) in [6.45, 7) is 9.08. The Balaban J connectivity index is 1.30. The molecule has 2 bridgehead atoms. The van der Waals surface area contributed by atoms with Crippen LogP contribution in [-0.2, 0) is 11.3 Å². The van der Waals surface area contributed by atoms with Crippen LogP contribution in [0.15, 0.2) is 24.3 Å². The van der Waals surface area contributed by atoms with Gasteiger partial charge in [-0.25, -0.2) is 0 Å². The molecular formula is C21H33N3O2. The molecule has 5 heteroatoms. The van der Waals surface area contributed by atoms with E-state index in [1.54, 1.807) is 0 Å². The van der Waals surface area contributed by atoms with E-state index in [0.717, 1.165) is 77.3 Å². The average molecular weight is 360 g/mol. The third-order valence-corrected chi connectivity index (χ3v) is 6.11. The minimum Gasteiger partial charge on any atom is -0.493 e. The first-order valence-electron chi connectivity index (χ1n) is 10.4. The molecule has 1 aromatic rings. The van der Waals surface area contributed by atoms with E-state index < -0.39 is 0 Å². The van der Waals surface area contributed by atoms with Crippen molar-refractivity contribution in [3.05, 3.63) is 29.8 Å². The van der Waals surface area contributed by atoms with Gasteiger partial charge in [-0.15, -0.1) is 0 Å². The van der Waals surface area contributed by atoms with Gasteiger partial charge < -0.3 is 14.8 Å². The fourth-order valence-electron chi connectivity index (χ4n) is 4.61. The molecule has 0 aliphatic carbocycles. The lowest BCUT2D eigenvalue weighted by molar-refractivity contribution is 0.0357. The third-order valence-electron chi connectivity index (χ3n) is 6.11. The lowest BCUT2D eigenvalue weighted by Gasteiger charge is -2.28. The van der Waals surface area contributed by atoms with Crippen molar-refractivity contribution in [3.63, 3.8) is 0 Å². The lowest BCUT2D eigenvalue weighted by Crippen LogP contribution is -2.37. The van der Waals surface area contributed by atoms with Crippen molar-refractivity contribution in [1.29, 1.82) is 0 Å². The lowest BCUT2D eigenvalue weighted by atomic mass is 10.1. The number of rotatable bonds is 7. The second-order valence-corrected chi connectivity index (χ2v) is 7.81. The fourth-order valence-corrected chi connectivity index (χ4v) is 4.61. The molecular weight excluding hydrogens is 326 g/mol. The number of hydrogen-bond donors (Lipinski definition) is 1. The maximum absolute atomic E-state index is 6.19. The van der Waals surface area contributed by atoms with E-state index in [2.05, 4.69) is 39.4 Å². The number of fused-ring (bicyclic) bond motifs is 2. The van der Waals surface area contributed by atoms with E-state index in [1.165, 1.54) is 24.8 Å². The molecule has 144 valence electrons. The minimum absolute atomic E-state index is 0.692. The van der Waals surface area contributed by atoms with Crippen molar-refractivity contribution in [1.82, 2.24) is 15.1 Å². The van der Waals surface area contributed by atoms with Crippen LogP contribution in [0.25, 0.3) is 0 Å². The number of benzene rings is 1. The van der Waals surface area contributed by atoms with Crippen molar-refractivity contribution >= 4 is 0 Å². The molecule has 1 aromatic carbocycles. The molecule has 3 heterocycles. The maximum Gasteiger partial charge on any atom is 0.123 e. The molecule has 3 fully saturated rings. The quantitative estimate of drug-likeness (QED) is 0.755. The van der Waals surface area contributed by atoms with Crippen molar-refractivity contribution in [3.8, 4) is 5.75 Å². The first-order chi connectivity index (χ1) is 12.9. The van der Waals surface area contributed by atoms with E-state index in [-0.39, 0.29) is 0 Å². The van der Waals surface area contributed by atoms with Crippen LogP contribution in [0, 0.1) is 0 Å². The van der Waals surface area contributed by atoms with Crippen LogP contribution in [-0.4, -0.2) is 74.4 Å². The Morgan fingerprint density at radius 1 is 1.08 bits per heavy atom. The Morgan fingerprint density at radius 3 is 2.85 bits per heavy atom. The van der Waals surface area contributed by atoms with Crippen LogP contribution in [0.3, 0.4) is 0 Å². The number of ether oxygens (including phenoxy) is 2. The van der Waals surface area contributed by atoms with Crippen molar-refractivity contribution in [2.45, 2.75) is 44.3 Å². The van der Waals surface area contributed by atoms with Gasteiger partial charge in [0.05, 0.1) is 19.8 Å². The van der Waals surface area contributed by atoms with Crippen LogP contribution in [0.2, 0.25) is 0 Å². The Labute approximate surface area is 157 Å². The number of hydrogen-bond acceptors (Lipinski definition) is 5. The summed E-state index contributed by atoms with van der Waals surface area (Å²) in [5.41, 5.74) is 1.35. The van der Waals surface area contributed by atoms with Crippen molar-refractivity contribution in [2.24, 2.45) is 0 Å². The predicted molar refractivity (Wildman–Crippen MR) is 104 cm³/mol. The van der Waals surface area contributed by atoms with Crippen LogP contribution >= 0.6 is 0 Å². The molecule has 26 heavy (non-hydrogen) atoms. The normalized spacial score (nSPS) is 27.4. The standard InChI is InChI=1S/C21H33N3O2/c1-2-5-21(26-13-3-10-23-11-14-25-15-12-23)18(4-1)17-24-19-6-7-20(24)16-22-9-8-19/h1-2,4-5,19-20,22H,3,6-17H2/t19-,20+/m0/s1. The largest absolute Gasteiger partial charge is 0.493 e. The Morgan fingerprint density at radius 2 is 1.92 bits per heavy atom. The minimum atomic E-state index is 0.692. The molecule has 3 aliphatic heterocycles. The molecule has 2 atom stereocenters. The van der Waals surface area contributed by atoms with Gasteiger partial charge in [-0.2, -0.15) is 0 Å². The highest BCUT2D eigenvalue weighted by Gasteiger charge is 2.34. The van der Waals surface area contributed by atoms with E-state index in [9.17, 15) is 0 Å². The summed E-state index contributed by atoms with van der Waals surface area (Å²) in [7, 11) is 0. The van der Waals surface area contributed by atoms with Gasteiger partial charge in [-0.05, 0) is 38.3 Å². The molecule has 3 saturated heterocycles. The smallest absolute Gasteiger partial charge is 0.123 e. The maximum atomic E-state index is 6.19. The number of nitrogens with zero attached hydrogens (tertiary/aromatic N) is 2. The first kappa shape index (κ1) is 18.2. The van der Waals surface area contributed by atoms with E-state index in [0.29, 0.717) is 6.04 Å². The second-order valence-electron chi connectivity index (χ2n) is 7.81. The van der Waals surface area contributed by atoms with E-state index in [4.69, 9.17) is 9.47 Å². The Hall–Kier alpha value is -1.14. The summed E-state index contributed by atoms with van der Waals surface area (Å²) in [5, 5.41) is 3.60. The molecule has 4 rings (SSSR count). The number of para-hydroxylation sites is 1. The third kappa shape index (κ3) is 4.58. The number of morpholine rings is 1. The van der Waals surface area contributed by atoms with Gasteiger partial charge in [-0.1, -0.05) is 18.2 Å². The summed E-state index contributed by atoms with van der Waals surface area (Å²) in [6.07, 6.45) is 5.04. The summed E-state index contributed by atoms with van der Waals surface area (Å²) < 4.78 is 11.6. The monoisotopic (exact) mass is 359 g/mol. The first-order valence-corrected chi connectivity index (χ1v) is 10.4. The Kier molecular flexibility index (Phi) is 6.44. The van der Waals surface area contributed by atoms with Gasteiger partial charge in [-0.3, -0.25) is 9.80 Å². The van der Waals surface area contributed by atoms with Crippen LogP contribution in [0.1, 0.15) is 31.2 Å². The highest BCUT2D eigenvalue weighted by Crippen LogP contribution is 2.31. The molecule has 5 nitrogen and oxygen atoms in total. The fraction of sp³-hybridized carbons (Fsp3) is 0.714. The molecule has 0 amide bonds. The zero-order valence-electron chi connectivity index (χ0n) is 15.9. The molecule has 0 spiro atoms. The molecule has 1 N–H and O–H groups in total. The van der Waals surface area contributed by atoms with Crippen LogP contribution in [0.4, 0.5) is 0 Å². The topological polar surface area (TPSA) is 37.0 Å². The van der Waals surface area contributed by atoms with Gasteiger partial charge in [0.15, 0.2) is 0 Å². The van der Waals surface area contributed by atoms with Crippen molar-refractivity contribution in [2.75, 3.05) is 52.5 Å². The van der Waals surface area contributed by atoms with Crippen LogP contribution < -0.4 is 10.1 Å². The highest BCUT2D eigenvalue weighted by molar-refractivity contribution is 5.33. The van der Waals surface area contributed by atoms with Crippen molar-refractivity contribution < 1.29 is 9.47 Å². The molecule has 0 radical (unpaired) electrons. The number of nitrogens with one attached hydrogen (secondary N) is 1. The molecule has 3 aliphatic rings. The van der Waals surface area contributed by atoms with Gasteiger partial charge in [0.25, 0.3) is 0 Å². The second kappa shape index (κ2) is 9.18. The molecule has 0 saturated carbocycles. The zero-order chi connectivity index (χ0) is 17.6. The molecule has 0 aromatic heterocycles. The van der Waals surface area contributed by atoms with Gasteiger partial charge in [0.2, 0.25) is 0 Å². The summed E-state index contributed by atoms with van der Waals surface area (Å²) in [6, 6.07) is 10.1. The summed E-state index contributed by atoms with van der Waals surface area (Å²) in [4.78, 5) is 5.19. The van der Waals surface area contributed by atoms with Gasteiger partial charge in [0, 0.05) is 50.4 Å².